The molecule has 0 aromatic carbocycles. The summed E-state index contributed by atoms with van der Waals surface area (Å²) < 4.78 is 0. The zero-order valence-corrected chi connectivity index (χ0v) is 22.5. The van der Waals surface area contributed by atoms with Gasteiger partial charge in [-0.3, -0.25) is 10.2 Å². The predicted molar refractivity (Wildman–Crippen MR) is 141 cm³/mol. The molecule has 0 unspecified atom stereocenters. The van der Waals surface area contributed by atoms with Gasteiger partial charge in [-0.15, -0.1) is 0 Å². The van der Waals surface area contributed by atoms with Gasteiger partial charge in [0.15, 0.2) is 5.11 Å². The third kappa shape index (κ3) is 4.65. The molecular formula is C28H47N3OS. The van der Waals surface area contributed by atoms with E-state index in [2.05, 4.69) is 45.1 Å². The normalized spacial score (nSPS) is 42.5. The maximum Gasteiger partial charge on any atom is 0.184 e. The van der Waals surface area contributed by atoms with E-state index in [1.54, 1.807) is 0 Å². The third-order valence-corrected chi connectivity index (χ3v) is 10.9. The van der Waals surface area contributed by atoms with Crippen LogP contribution in [0.5, 0.6) is 0 Å². The number of hydrazone groups is 1. The van der Waals surface area contributed by atoms with Crippen LogP contribution >= 0.6 is 12.2 Å². The number of carbonyl (C=O) groups is 1. The average molecular weight is 474 g/mol. The minimum atomic E-state index is 0.121. The van der Waals surface area contributed by atoms with E-state index in [0.29, 0.717) is 23.0 Å². The van der Waals surface area contributed by atoms with E-state index in [0.717, 1.165) is 55.1 Å². The van der Waals surface area contributed by atoms with Crippen molar-refractivity contribution < 1.29 is 4.79 Å². The first kappa shape index (κ1) is 25.1. The SMILES string of the molecule is CC(C)CCC[C@@H](C)[C@H]1CC[C@H]2[C@@H]3CC(=O)[C@H]4C/C(=N\NC(N)=S)CC[C@]4(C)[C@H]3CC[C@]12C. The monoisotopic (exact) mass is 473 g/mol. The van der Waals surface area contributed by atoms with Crippen molar-refractivity contribution in [3.05, 3.63) is 0 Å². The second kappa shape index (κ2) is 9.59. The van der Waals surface area contributed by atoms with Crippen molar-refractivity contribution in [1.29, 1.82) is 0 Å². The molecule has 186 valence electrons. The molecule has 5 heteroatoms. The zero-order chi connectivity index (χ0) is 24.0. The number of nitrogens with two attached hydrogens (primary N) is 1. The highest BCUT2D eigenvalue weighted by Crippen LogP contribution is 2.67. The summed E-state index contributed by atoms with van der Waals surface area (Å²) in [6, 6.07) is 0. The largest absolute Gasteiger partial charge is 0.375 e. The molecule has 0 radical (unpaired) electrons. The van der Waals surface area contributed by atoms with Crippen LogP contribution < -0.4 is 11.2 Å². The fraction of sp³-hybridized carbons (Fsp3) is 0.893. The predicted octanol–water partition coefficient (Wildman–Crippen LogP) is 6.48. The molecule has 4 aliphatic carbocycles. The Morgan fingerprint density at radius 2 is 1.82 bits per heavy atom. The van der Waals surface area contributed by atoms with Crippen molar-refractivity contribution in [2.45, 2.75) is 105 Å². The Morgan fingerprint density at radius 1 is 1.09 bits per heavy atom. The summed E-state index contributed by atoms with van der Waals surface area (Å²) >= 11 is 4.91. The Bertz CT molecular complexity index is 794. The van der Waals surface area contributed by atoms with Crippen molar-refractivity contribution in [3.8, 4) is 0 Å². The van der Waals surface area contributed by atoms with Crippen LogP contribution in [0.3, 0.4) is 0 Å². The van der Waals surface area contributed by atoms with Gasteiger partial charge in [0.25, 0.3) is 0 Å². The standard InChI is InChI=1S/C28H47N3OS/c1-17(2)7-6-8-18(3)21-9-10-22-20-16-25(32)24-15-19(30-31-26(29)33)11-13-28(24,5)23(20)12-14-27(21,22)4/h17-18,20-24H,6-16H2,1-5H3,(H3,29,31,33)/b30-19-/t18-,20+,21-,22+,23+,24-,27-,28-/m1/s1. The highest BCUT2D eigenvalue weighted by Gasteiger charge is 2.62. The molecule has 3 N–H and O–H groups in total. The summed E-state index contributed by atoms with van der Waals surface area (Å²) in [7, 11) is 0. The van der Waals surface area contributed by atoms with Gasteiger partial charge in [-0.05, 0) is 104 Å². The first-order valence-electron chi connectivity index (χ1n) is 13.7. The summed E-state index contributed by atoms with van der Waals surface area (Å²) in [5, 5.41) is 4.62. The second-order valence-electron chi connectivity index (χ2n) is 13.0. The van der Waals surface area contributed by atoms with Gasteiger partial charge in [0.1, 0.15) is 5.78 Å². The van der Waals surface area contributed by atoms with Gasteiger partial charge in [0.05, 0.1) is 0 Å². The van der Waals surface area contributed by atoms with Gasteiger partial charge in [-0.25, -0.2) is 0 Å². The fourth-order valence-corrected chi connectivity index (χ4v) is 9.16. The number of fused-ring (bicyclic) bond motifs is 5. The number of ketones is 1. The quantitative estimate of drug-likeness (QED) is 0.342. The molecule has 0 amide bonds. The minimum Gasteiger partial charge on any atom is -0.375 e. The Hall–Kier alpha value is -0.970. The van der Waals surface area contributed by atoms with E-state index in [1.165, 1.54) is 44.9 Å². The average Bonchev–Trinajstić information content (AvgIpc) is 3.10. The van der Waals surface area contributed by atoms with Crippen LogP contribution in [0, 0.1) is 52.3 Å². The molecule has 0 aromatic heterocycles. The molecule has 4 aliphatic rings. The number of rotatable bonds is 6. The lowest BCUT2D eigenvalue weighted by Gasteiger charge is -2.60. The van der Waals surface area contributed by atoms with Crippen molar-refractivity contribution in [2.24, 2.45) is 63.1 Å². The number of carbonyl (C=O) groups excluding carboxylic acids is 1. The first-order chi connectivity index (χ1) is 15.6. The van der Waals surface area contributed by atoms with E-state index in [1.807, 2.05) is 0 Å². The van der Waals surface area contributed by atoms with Crippen LogP contribution in [0.15, 0.2) is 5.10 Å². The van der Waals surface area contributed by atoms with Gasteiger partial charge in [0, 0.05) is 18.1 Å². The van der Waals surface area contributed by atoms with Crippen molar-refractivity contribution in [3.63, 3.8) is 0 Å². The maximum atomic E-state index is 13.6. The number of Topliss-reactive ketones (excluding diaryl/α,β-unsaturated/α-hetero) is 1. The highest BCUT2D eigenvalue weighted by atomic mass is 32.1. The van der Waals surface area contributed by atoms with E-state index in [4.69, 9.17) is 18.0 Å². The fourth-order valence-electron chi connectivity index (χ4n) is 9.11. The molecule has 0 aliphatic heterocycles. The molecular weight excluding hydrogens is 426 g/mol. The summed E-state index contributed by atoms with van der Waals surface area (Å²) in [5.74, 6) is 5.11. The van der Waals surface area contributed by atoms with Crippen LogP contribution in [-0.4, -0.2) is 16.6 Å². The van der Waals surface area contributed by atoms with Crippen LogP contribution in [0.4, 0.5) is 0 Å². The topological polar surface area (TPSA) is 67.5 Å². The molecule has 0 saturated heterocycles. The Morgan fingerprint density at radius 3 is 2.52 bits per heavy atom. The van der Waals surface area contributed by atoms with Gasteiger partial charge < -0.3 is 5.73 Å². The van der Waals surface area contributed by atoms with Crippen molar-refractivity contribution >= 4 is 28.8 Å². The van der Waals surface area contributed by atoms with E-state index in [9.17, 15) is 4.79 Å². The molecule has 33 heavy (non-hydrogen) atoms. The summed E-state index contributed by atoms with van der Waals surface area (Å²) in [6.45, 7) is 12.3. The van der Waals surface area contributed by atoms with Crippen molar-refractivity contribution in [2.75, 3.05) is 0 Å². The molecule has 0 aromatic rings. The van der Waals surface area contributed by atoms with Crippen LogP contribution in [0.2, 0.25) is 0 Å². The second-order valence-corrected chi connectivity index (χ2v) is 13.4. The van der Waals surface area contributed by atoms with Gasteiger partial charge >= 0.3 is 0 Å². The number of hydrogen-bond acceptors (Lipinski definition) is 3. The zero-order valence-electron chi connectivity index (χ0n) is 21.7. The third-order valence-electron chi connectivity index (χ3n) is 10.8. The molecule has 0 spiro atoms. The van der Waals surface area contributed by atoms with E-state index >= 15 is 0 Å². The molecule has 4 nitrogen and oxygen atoms in total. The van der Waals surface area contributed by atoms with Crippen LogP contribution in [0.1, 0.15) is 105 Å². The molecule has 4 rings (SSSR count). The summed E-state index contributed by atoms with van der Waals surface area (Å²) in [6.07, 6.45) is 13.1. The lowest BCUT2D eigenvalue weighted by atomic mass is 9.44. The molecule has 0 bridgehead atoms. The highest BCUT2D eigenvalue weighted by molar-refractivity contribution is 7.80. The maximum absolute atomic E-state index is 13.6. The summed E-state index contributed by atoms with van der Waals surface area (Å²) in [5.41, 5.74) is 9.94. The van der Waals surface area contributed by atoms with Gasteiger partial charge in [-0.1, -0.05) is 53.9 Å². The summed E-state index contributed by atoms with van der Waals surface area (Å²) in [4.78, 5) is 13.6. The molecule has 4 saturated carbocycles. The van der Waals surface area contributed by atoms with Crippen LogP contribution in [-0.2, 0) is 4.79 Å². The number of nitrogens with one attached hydrogen (secondary N) is 1. The lowest BCUT2D eigenvalue weighted by molar-refractivity contribution is -0.150. The molecule has 4 fully saturated rings. The Balaban J connectivity index is 1.48. The molecule has 0 heterocycles. The lowest BCUT2D eigenvalue weighted by Crippen LogP contribution is -2.56. The molecule has 8 atom stereocenters. The number of hydrogen-bond donors (Lipinski definition) is 2. The minimum absolute atomic E-state index is 0.121. The van der Waals surface area contributed by atoms with Gasteiger partial charge in [-0.2, -0.15) is 5.10 Å². The first-order valence-corrected chi connectivity index (χ1v) is 14.1. The van der Waals surface area contributed by atoms with E-state index < -0.39 is 0 Å². The van der Waals surface area contributed by atoms with Crippen molar-refractivity contribution in [1.82, 2.24) is 5.43 Å². The van der Waals surface area contributed by atoms with E-state index in [-0.39, 0.29) is 16.4 Å². The number of thiocarbonyl (C=S) groups is 1. The Labute approximate surface area is 207 Å². The number of nitrogens with zero attached hydrogens (tertiary/aromatic N) is 1. The Kier molecular flexibility index (Phi) is 7.30. The van der Waals surface area contributed by atoms with Gasteiger partial charge in [0.2, 0.25) is 0 Å². The smallest absolute Gasteiger partial charge is 0.184 e. The van der Waals surface area contributed by atoms with Crippen LogP contribution in [0.25, 0.3) is 0 Å².